The van der Waals surface area contributed by atoms with E-state index in [4.69, 9.17) is 0 Å². The second-order valence-corrected chi connectivity index (χ2v) is 12.4. The number of nitrogens with one attached hydrogen (secondary N) is 5. The van der Waals surface area contributed by atoms with Crippen LogP contribution in [-0.4, -0.2) is 62.7 Å². The van der Waals surface area contributed by atoms with Gasteiger partial charge in [-0.25, -0.2) is 4.98 Å². The van der Waals surface area contributed by atoms with Crippen LogP contribution in [0.2, 0.25) is 0 Å². The van der Waals surface area contributed by atoms with Crippen LogP contribution in [0.4, 0.5) is 11.5 Å². The van der Waals surface area contributed by atoms with Crippen LogP contribution in [0.1, 0.15) is 122 Å². The third kappa shape index (κ3) is 13.3. The van der Waals surface area contributed by atoms with Crippen LogP contribution in [0.5, 0.6) is 0 Å². The van der Waals surface area contributed by atoms with Crippen LogP contribution in [0, 0.1) is 11.8 Å². The lowest BCUT2D eigenvalue weighted by molar-refractivity contribution is -0.118. The number of aromatic nitrogens is 3. The van der Waals surface area contributed by atoms with Gasteiger partial charge in [-0.3, -0.25) is 14.4 Å². The lowest BCUT2D eigenvalue weighted by Crippen LogP contribution is -2.29. The van der Waals surface area contributed by atoms with E-state index < -0.39 is 5.91 Å². The highest BCUT2D eigenvalue weighted by Gasteiger charge is 2.42. The number of likely N-dealkylation sites (N-methyl/N-ethyl adjacent to an activating group) is 1. The summed E-state index contributed by atoms with van der Waals surface area (Å²) in [6.07, 6.45) is 10.3. The van der Waals surface area contributed by atoms with Gasteiger partial charge >= 0.3 is 0 Å². The standard InChI is InChI=1S/C34H52N8O3.2C2H6/c1-10-23(5)28(22(3)4)21-41(8)25(7)24(6)35-17-15-34(13-14-34)40-26-18-29(42(9)20-26)32(44)39-30-19-37-31(38-30)33(45)36-16-12-27(43)11-2;2*1-2/h18-23,35,40H,6-7,10-17H2,1-5,8-9H3,(H,36,45)(H,37,38)(H,39,44);2*1-2H3/b28-21-;;. The Hall–Kier alpha value is -4.28. The molecule has 1 aliphatic carbocycles. The molecule has 0 spiro atoms. The van der Waals surface area contributed by atoms with Crippen molar-refractivity contribution < 1.29 is 14.4 Å². The summed E-state index contributed by atoms with van der Waals surface area (Å²) in [4.78, 5) is 45.7. The Morgan fingerprint density at radius 2 is 1.71 bits per heavy atom. The summed E-state index contributed by atoms with van der Waals surface area (Å²) in [6, 6.07) is 1.82. The summed E-state index contributed by atoms with van der Waals surface area (Å²) < 4.78 is 1.76. The van der Waals surface area contributed by atoms with Crippen molar-refractivity contribution in [2.45, 2.75) is 106 Å². The van der Waals surface area contributed by atoms with Gasteiger partial charge in [-0.05, 0) is 49.2 Å². The number of ketones is 1. The molecule has 49 heavy (non-hydrogen) atoms. The van der Waals surface area contributed by atoms with Crippen LogP contribution >= 0.6 is 0 Å². The molecule has 1 unspecified atom stereocenters. The fraction of sp³-hybridized carbons (Fsp3) is 0.579. The number of Topliss-reactive ketones (excluding diaryl/α,β-unsaturated/α-hetero) is 1. The minimum atomic E-state index is -0.437. The molecule has 2 aromatic heterocycles. The maximum absolute atomic E-state index is 13.0. The molecule has 1 saturated carbocycles. The molecule has 3 rings (SSSR count). The van der Waals surface area contributed by atoms with E-state index in [0.717, 1.165) is 49.3 Å². The second-order valence-electron chi connectivity index (χ2n) is 12.4. The van der Waals surface area contributed by atoms with Gasteiger partial charge in [0.25, 0.3) is 11.8 Å². The minimum absolute atomic E-state index is 0.0374. The quantitative estimate of drug-likeness (QED) is 0.0963. The van der Waals surface area contributed by atoms with Gasteiger partial charge in [0.15, 0.2) is 5.82 Å². The van der Waals surface area contributed by atoms with Crippen LogP contribution in [0.15, 0.2) is 54.8 Å². The number of amides is 2. The van der Waals surface area contributed by atoms with Crippen molar-refractivity contribution in [3.63, 3.8) is 0 Å². The number of imidazole rings is 1. The van der Waals surface area contributed by atoms with Crippen molar-refractivity contribution in [3.8, 4) is 0 Å². The topological polar surface area (TPSA) is 136 Å². The first-order valence-electron chi connectivity index (χ1n) is 18.0. The zero-order chi connectivity index (χ0) is 37.3. The normalized spacial score (nSPS) is 13.5. The highest BCUT2D eigenvalue weighted by Crippen LogP contribution is 2.42. The second kappa shape index (κ2) is 20.9. The van der Waals surface area contributed by atoms with Gasteiger partial charge in [0, 0.05) is 58.0 Å². The number of anilines is 2. The molecule has 0 bridgehead atoms. The Kier molecular flexibility index (Phi) is 18.3. The van der Waals surface area contributed by atoms with Gasteiger partial charge in [-0.2, -0.15) is 0 Å². The molecular formula is C38H64N8O3. The van der Waals surface area contributed by atoms with Gasteiger partial charge in [0.2, 0.25) is 0 Å². The molecule has 2 amide bonds. The number of aryl methyl sites for hydroxylation is 1. The average Bonchev–Trinajstić information content (AvgIpc) is 3.50. The van der Waals surface area contributed by atoms with Gasteiger partial charge in [-0.15, -0.1) is 0 Å². The molecule has 11 nitrogen and oxygen atoms in total. The van der Waals surface area contributed by atoms with E-state index in [1.165, 1.54) is 11.8 Å². The number of rotatable bonds is 19. The maximum Gasteiger partial charge on any atom is 0.287 e. The number of allylic oxidation sites excluding steroid dienone is 1. The minimum Gasteiger partial charge on any atom is -0.384 e. The number of hydrogen-bond acceptors (Lipinski definition) is 7. The summed E-state index contributed by atoms with van der Waals surface area (Å²) in [7, 11) is 3.84. The number of carbonyl (C=O) groups is 3. The van der Waals surface area contributed by atoms with Crippen LogP contribution < -0.4 is 21.3 Å². The predicted octanol–water partition coefficient (Wildman–Crippen LogP) is 7.62. The van der Waals surface area contributed by atoms with Crippen molar-refractivity contribution in [1.82, 2.24) is 30.1 Å². The monoisotopic (exact) mass is 681 g/mol. The van der Waals surface area contributed by atoms with E-state index in [0.29, 0.717) is 29.8 Å². The summed E-state index contributed by atoms with van der Waals surface area (Å²) >= 11 is 0. The Labute approximate surface area is 295 Å². The first-order valence-corrected chi connectivity index (χ1v) is 18.0. The van der Waals surface area contributed by atoms with Crippen molar-refractivity contribution in [2.24, 2.45) is 18.9 Å². The fourth-order valence-corrected chi connectivity index (χ4v) is 5.17. The molecule has 0 saturated heterocycles. The smallest absolute Gasteiger partial charge is 0.287 e. The highest BCUT2D eigenvalue weighted by atomic mass is 16.2. The zero-order valence-electron chi connectivity index (χ0n) is 32.1. The summed E-state index contributed by atoms with van der Waals surface area (Å²) in [5, 5.41) is 12.5. The largest absolute Gasteiger partial charge is 0.384 e. The molecule has 0 aromatic carbocycles. The summed E-state index contributed by atoms with van der Waals surface area (Å²) in [5.41, 5.74) is 4.35. The molecule has 1 aliphatic rings. The van der Waals surface area contributed by atoms with E-state index in [-0.39, 0.29) is 36.0 Å². The third-order valence-corrected chi connectivity index (χ3v) is 8.53. The van der Waals surface area contributed by atoms with E-state index in [9.17, 15) is 14.4 Å². The van der Waals surface area contributed by atoms with E-state index in [1.54, 1.807) is 11.5 Å². The van der Waals surface area contributed by atoms with Crippen molar-refractivity contribution in [1.29, 1.82) is 0 Å². The van der Waals surface area contributed by atoms with Crippen LogP contribution in [0.25, 0.3) is 0 Å². The predicted molar refractivity (Wildman–Crippen MR) is 204 cm³/mol. The lowest BCUT2D eigenvalue weighted by Gasteiger charge is -2.26. The molecule has 0 radical (unpaired) electrons. The van der Waals surface area contributed by atoms with Crippen molar-refractivity contribution in [3.05, 3.63) is 66.3 Å². The molecule has 274 valence electrons. The summed E-state index contributed by atoms with van der Waals surface area (Å²) in [5.74, 6) is 0.652. The molecule has 0 aliphatic heterocycles. The number of nitrogens with zero attached hydrogens (tertiary/aromatic N) is 3. The summed E-state index contributed by atoms with van der Waals surface area (Å²) in [6.45, 7) is 28.2. The van der Waals surface area contributed by atoms with E-state index in [1.807, 2.05) is 54.1 Å². The SMILES string of the molecule is C=C(NCCC1(Nc2cc(C(=O)Nc3cnc(C(=O)NCCC(=O)CC)[nH]3)n(C)c2)CC1)C(=C)N(C)/C=C(/C(C)C)C(C)CC.CC.CC. The zero-order valence-corrected chi connectivity index (χ0v) is 32.1. The Morgan fingerprint density at radius 1 is 1.06 bits per heavy atom. The van der Waals surface area contributed by atoms with Gasteiger partial charge in [0.05, 0.1) is 23.3 Å². The molecule has 11 heteroatoms. The number of aromatic amines is 1. The number of carbonyl (C=O) groups excluding carboxylic acids is 3. The van der Waals surface area contributed by atoms with Gasteiger partial charge in [-0.1, -0.05) is 75.5 Å². The Morgan fingerprint density at radius 3 is 2.29 bits per heavy atom. The first-order chi connectivity index (χ1) is 23.3. The van der Waals surface area contributed by atoms with Crippen LogP contribution in [-0.2, 0) is 11.8 Å². The van der Waals surface area contributed by atoms with Gasteiger partial charge in [0.1, 0.15) is 17.3 Å². The highest BCUT2D eigenvalue weighted by molar-refractivity contribution is 6.03. The van der Waals surface area contributed by atoms with E-state index >= 15 is 0 Å². The van der Waals surface area contributed by atoms with Gasteiger partial charge < -0.3 is 35.7 Å². The molecule has 2 heterocycles. The Balaban J connectivity index is 0.00000289. The Bertz CT molecular complexity index is 1410. The first kappa shape index (κ1) is 42.7. The fourth-order valence-electron chi connectivity index (χ4n) is 5.17. The molecular weight excluding hydrogens is 616 g/mol. The molecule has 1 atom stereocenters. The van der Waals surface area contributed by atoms with Crippen molar-refractivity contribution in [2.75, 3.05) is 30.8 Å². The maximum atomic E-state index is 13.0. The lowest BCUT2D eigenvalue weighted by atomic mass is 9.90. The molecule has 1 fully saturated rings. The molecule has 2 aromatic rings. The molecule has 5 N–H and O–H groups in total. The average molecular weight is 681 g/mol. The van der Waals surface area contributed by atoms with Crippen LogP contribution in [0.3, 0.4) is 0 Å². The number of hydrogen-bond donors (Lipinski definition) is 5. The van der Waals surface area contributed by atoms with E-state index in [2.05, 4.69) is 83.2 Å². The van der Waals surface area contributed by atoms with Crippen molar-refractivity contribution >= 4 is 29.1 Å². The number of H-pyrrole nitrogens is 1. The third-order valence-electron chi connectivity index (χ3n) is 8.53.